The summed E-state index contributed by atoms with van der Waals surface area (Å²) in [5.41, 5.74) is 4.58. The average molecular weight is 441 g/mol. The number of fused-ring (bicyclic) bond motifs is 5. The lowest BCUT2D eigenvalue weighted by Gasteiger charge is -2.24. The van der Waals surface area contributed by atoms with E-state index < -0.39 is 11.9 Å². The van der Waals surface area contributed by atoms with Crippen LogP contribution in [0.25, 0.3) is 0 Å². The number of benzene rings is 3. The van der Waals surface area contributed by atoms with Gasteiger partial charge in [-0.05, 0) is 85.4 Å². The zero-order valence-corrected chi connectivity index (χ0v) is 18.9. The predicted octanol–water partition coefficient (Wildman–Crippen LogP) is 6.83. The van der Waals surface area contributed by atoms with Crippen molar-refractivity contribution in [2.75, 3.05) is 0 Å². The molecule has 2 bridgehead atoms. The Morgan fingerprint density at radius 3 is 2.09 bits per heavy atom. The molecule has 2 aliphatic carbocycles. The number of carbonyl (C=O) groups is 2. The smallest absolute Gasteiger partial charge is 0.343 e. The van der Waals surface area contributed by atoms with Gasteiger partial charge in [0.15, 0.2) is 11.5 Å². The molecule has 2 aliphatic rings. The van der Waals surface area contributed by atoms with E-state index in [2.05, 4.69) is 6.92 Å². The monoisotopic (exact) mass is 440 g/mol. The summed E-state index contributed by atoms with van der Waals surface area (Å²) < 4.78 is 11.9. The minimum atomic E-state index is -0.447. The van der Waals surface area contributed by atoms with Crippen LogP contribution in [0.5, 0.6) is 11.5 Å². The Labute approximate surface area is 194 Å². The summed E-state index contributed by atoms with van der Waals surface area (Å²) in [7, 11) is 0. The van der Waals surface area contributed by atoms with Gasteiger partial charge in [0.1, 0.15) is 0 Å². The van der Waals surface area contributed by atoms with Crippen LogP contribution in [0.4, 0.5) is 0 Å². The number of ether oxygens (including phenoxy) is 2. The minimum absolute atomic E-state index is 0.352. The number of hydrogen-bond acceptors (Lipinski definition) is 4. The highest BCUT2D eigenvalue weighted by Crippen LogP contribution is 2.57. The van der Waals surface area contributed by atoms with E-state index in [-0.39, 0.29) is 0 Å². The molecule has 4 nitrogen and oxygen atoms in total. The molecule has 3 aromatic rings. The maximum absolute atomic E-state index is 13.0. The van der Waals surface area contributed by atoms with Crippen molar-refractivity contribution in [2.45, 2.75) is 57.3 Å². The highest BCUT2D eigenvalue weighted by molar-refractivity contribution is 5.93. The standard InChI is InChI=1S/C29H28O4/c1-2-3-14-23-26-22-16-15-21(17-22)24(26)18-25(32-28(30)19-10-6-4-7-11-19)27(23)33-29(31)20-12-8-5-9-13-20/h4-13,18,21-22H,2-3,14-17H2,1H3. The van der Waals surface area contributed by atoms with Gasteiger partial charge < -0.3 is 9.47 Å². The average Bonchev–Trinajstić information content (AvgIpc) is 3.47. The van der Waals surface area contributed by atoms with Crippen LogP contribution in [0, 0.1) is 0 Å². The fraction of sp³-hybridized carbons (Fsp3) is 0.310. The summed E-state index contributed by atoms with van der Waals surface area (Å²) in [4.78, 5) is 26.0. The van der Waals surface area contributed by atoms with Crippen molar-refractivity contribution in [3.63, 3.8) is 0 Å². The van der Waals surface area contributed by atoms with Crippen molar-refractivity contribution in [3.8, 4) is 11.5 Å². The van der Waals surface area contributed by atoms with Crippen molar-refractivity contribution in [1.82, 2.24) is 0 Å². The topological polar surface area (TPSA) is 52.6 Å². The van der Waals surface area contributed by atoms with Gasteiger partial charge in [0.2, 0.25) is 0 Å². The number of carbonyl (C=O) groups excluding carboxylic acids is 2. The van der Waals surface area contributed by atoms with E-state index in [1.165, 1.54) is 24.0 Å². The molecule has 0 spiro atoms. The Morgan fingerprint density at radius 1 is 0.848 bits per heavy atom. The Bertz CT molecular complexity index is 1170. The van der Waals surface area contributed by atoms with Crippen LogP contribution in [0.1, 0.15) is 88.3 Å². The van der Waals surface area contributed by atoms with Crippen LogP contribution < -0.4 is 9.47 Å². The van der Waals surface area contributed by atoms with Gasteiger partial charge in [-0.3, -0.25) is 0 Å². The molecule has 2 unspecified atom stereocenters. The zero-order valence-electron chi connectivity index (χ0n) is 18.9. The van der Waals surface area contributed by atoms with Gasteiger partial charge in [-0.15, -0.1) is 0 Å². The maximum atomic E-state index is 13.0. The molecule has 5 rings (SSSR count). The number of esters is 2. The first-order valence-corrected chi connectivity index (χ1v) is 11.9. The van der Waals surface area contributed by atoms with Crippen molar-refractivity contribution in [1.29, 1.82) is 0 Å². The normalized spacial score (nSPS) is 18.1. The van der Waals surface area contributed by atoms with Crippen LogP contribution in [0.2, 0.25) is 0 Å². The third-order valence-corrected chi connectivity index (χ3v) is 6.90. The molecule has 0 heterocycles. The second-order valence-corrected chi connectivity index (χ2v) is 9.01. The fourth-order valence-electron chi connectivity index (χ4n) is 5.32. The van der Waals surface area contributed by atoms with Gasteiger partial charge in [0.25, 0.3) is 0 Å². The lowest BCUT2D eigenvalue weighted by molar-refractivity contribution is 0.0680. The second-order valence-electron chi connectivity index (χ2n) is 9.01. The van der Waals surface area contributed by atoms with Crippen molar-refractivity contribution in [2.24, 2.45) is 0 Å². The Morgan fingerprint density at radius 2 is 1.45 bits per heavy atom. The lowest BCUT2D eigenvalue weighted by atomic mass is 9.85. The van der Waals surface area contributed by atoms with E-state index in [1.54, 1.807) is 36.4 Å². The van der Waals surface area contributed by atoms with Gasteiger partial charge in [-0.1, -0.05) is 49.7 Å². The molecule has 0 saturated heterocycles. The molecular formula is C29H28O4. The number of unbranched alkanes of at least 4 members (excludes halogenated alkanes) is 1. The van der Waals surface area contributed by atoms with Crippen LogP contribution in [-0.2, 0) is 6.42 Å². The largest absolute Gasteiger partial charge is 0.419 e. The molecule has 0 aromatic heterocycles. The third kappa shape index (κ3) is 4.18. The van der Waals surface area contributed by atoms with E-state index in [4.69, 9.17) is 9.47 Å². The summed E-state index contributed by atoms with van der Waals surface area (Å²) in [6.07, 6.45) is 6.29. The summed E-state index contributed by atoms with van der Waals surface area (Å²) >= 11 is 0. The molecule has 33 heavy (non-hydrogen) atoms. The maximum Gasteiger partial charge on any atom is 0.343 e. The van der Waals surface area contributed by atoms with E-state index in [9.17, 15) is 9.59 Å². The zero-order chi connectivity index (χ0) is 22.8. The van der Waals surface area contributed by atoms with E-state index in [1.807, 2.05) is 30.3 Å². The first kappa shape index (κ1) is 21.4. The SMILES string of the molecule is CCCCc1c(OC(=O)c2ccccc2)c(OC(=O)c2ccccc2)cc2c1C1CCC2C1. The molecule has 168 valence electrons. The molecule has 0 radical (unpaired) electrons. The molecule has 0 amide bonds. The van der Waals surface area contributed by atoms with Crippen LogP contribution >= 0.6 is 0 Å². The molecular weight excluding hydrogens is 412 g/mol. The third-order valence-electron chi connectivity index (χ3n) is 6.90. The van der Waals surface area contributed by atoms with Gasteiger partial charge >= 0.3 is 11.9 Å². The molecule has 2 atom stereocenters. The van der Waals surface area contributed by atoms with E-state index in [0.717, 1.165) is 31.2 Å². The Balaban J connectivity index is 1.59. The minimum Gasteiger partial charge on any atom is -0.419 e. The summed E-state index contributed by atoms with van der Waals surface area (Å²) in [5.74, 6) is 0.882. The van der Waals surface area contributed by atoms with Gasteiger partial charge in [0.05, 0.1) is 11.1 Å². The molecule has 3 aromatic carbocycles. The molecule has 0 N–H and O–H groups in total. The van der Waals surface area contributed by atoms with Crippen molar-refractivity contribution in [3.05, 3.63) is 94.5 Å². The highest BCUT2D eigenvalue weighted by Gasteiger charge is 2.41. The lowest BCUT2D eigenvalue weighted by Crippen LogP contribution is -2.16. The summed E-state index contributed by atoms with van der Waals surface area (Å²) in [6.45, 7) is 2.15. The number of rotatable bonds is 7. The first-order valence-electron chi connectivity index (χ1n) is 11.9. The van der Waals surface area contributed by atoms with Gasteiger partial charge in [-0.25, -0.2) is 9.59 Å². The van der Waals surface area contributed by atoms with Gasteiger partial charge in [-0.2, -0.15) is 0 Å². The van der Waals surface area contributed by atoms with E-state index in [0.29, 0.717) is 34.5 Å². The van der Waals surface area contributed by atoms with Crippen molar-refractivity contribution >= 4 is 11.9 Å². The van der Waals surface area contributed by atoms with Crippen LogP contribution in [0.3, 0.4) is 0 Å². The second kappa shape index (κ2) is 9.22. The van der Waals surface area contributed by atoms with E-state index >= 15 is 0 Å². The number of hydrogen-bond donors (Lipinski definition) is 0. The molecule has 0 aliphatic heterocycles. The molecule has 1 saturated carbocycles. The van der Waals surface area contributed by atoms with Crippen LogP contribution in [0.15, 0.2) is 66.7 Å². The molecule has 4 heteroatoms. The Kier molecular flexibility index (Phi) is 5.99. The predicted molar refractivity (Wildman–Crippen MR) is 127 cm³/mol. The molecule has 1 fully saturated rings. The summed E-state index contributed by atoms with van der Waals surface area (Å²) in [6, 6.07) is 19.8. The van der Waals surface area contributed by atoms with Crippen LogP contribution in [-0.4, -0.2) is 11.9 Å². The van der Waals surface area contributed by atoms with Gasteiger partial charge in [0, 0.05) is 5.56 Å². The fourth-order valence-corrected chi connectivity index (χ4v) is 5.32. The highest BCUT2D eigenvalue weighted by atomic mass is 16.6. The first-order chi connectivity index (χ1) is 16.2. The summed E-state index contributed by atoms with van der Waals surface area (Å²) in [5, 5.41) is 0. The Hall–Kier alpha value is -3.40. The quantitative estimate of drug-likeness (QED) is 0.298. The van der Waals surface area contributed by atoms with Crippen molar-refractivity contribution < 1.29 is 19.1 Å².